The Morgan fingerprint density at radius 2 is 0.619 bits per heavy atom. The van der Waals surface area contributed by atoms with Crippen LogP contribution >= 0.6 is 0 Å². The molecule has 0 aliphatic rings. The number of rotatable bonds is 46. The van der Waals surface area contributed by atoms with Gasteiger partial charge in [0.15, 0.2) is 6.10 Å². The van der Waals surface area contributed by atoms with Gasteiger partial charge in [0.25, 0.3) is 0 Å². The van der Waals surface area contributed by atoms with E-state index >= 15 is 0 Å². The summed E-state index contributed by atoms with van der Waals surface area (Å²) in [7, 11) is 0. The standard InChI is InChI=1S/C57H96O6/c1-4-7-10-13-16-19-22-24-26-27-28-29-31-32-35-38-41-44-47-50-56(59)62-53-54(52-61-55(58)49-46-43-40-37-34-21-18-15-12-9-6-3)63-57(60)51-48-45-42-39-36-33-30-25-23-20-17-14-11-8-5-2/h7,10,16-17,19-20,24-26,28-30,32,35,54H,4-6,8-9,11-15,18,21-23,27,31,33-34,36-53H2,1-3H3/b10-7-,19-16-,20-17-,26-24-,29-28-,30-25-,35-32-/t54-/m1/s1. The molecule has 0 aliphatic carbocycles. The zero-order valence-electron chi connectivity index (χ0n) is 41.1. The maximum absolute atomic E-state index is 12.8. The highest BCUT2D eigenvalue weighted by molar-refractivity contribution is 5.71. The van der Waals surface area contributed by atoms with Gasteiger partial charge in [-0.05, 0) is 96.3 Å². The third-order valence-electron chi connectivity index (χ3n) is 10.9. The van der Waals surface area contributed by atoms with Gasteiger partial charge in [-0.3, -0.25) is 14.4 Å². The molecule has 0 aromatic heterocycles. The van der Waals surface area contributed by atoms with Crippen LogP contribution in [0.2, 0.25) is 0 Å². The van der Waals surface area contributed by atoms with Gasteiger partial charge in [-0.1, -0.05) is 209 Å². The van der Waals surface area contributed by atoms with Gasteiger partial charge in [-0.15, -0.1) is 0 Å². The lowest BCUT2D eigenvalue weighted by Gasteiger charge is -2.18. The van der Waals surface area contributed by atoms with Crippen molar-refractivity contribution in [1.82, 2.24) is 0 Å². The van der Waals surface area contributed by atoms with Crippen LogP contribution in [-0.2, 0) is 28.6 Å². The van der Waals surface area contributed by atoms with E-state index in [1.165, 1.54) is 77.0 Å². The molecule has 0 aliphatic heterocycles. The Labute approximate surface area is 388 Å². The molecule has 0 rings (SSSR count). The van der Waals surface area contributed by atoms with Crippen molar-refractivity contribution >= 4 is 17.9 Å². The van der Waals surface area contributed by atoms with Gasteiger partial charge in [-0.2, -0.15) is 0 Å². The van der Waals surface area contributed by atoms with E-state index in [9.17, 15) is 14.4 Å². The maximum Gasteiger partial charge on any atom is 0.306 e. The van der Waals surface area contributed by atoms with E-state index in [2.05, 4.69) is 106 Å². The van der Waals surface area contributed by atoms with Crippen molar-refractivity contribution in [3.8, 4) is 0 Å². The Morgan fingerprint density at radius 1 is 0.333 bits per heavy atom. The zero-order valence-corrected chi connectivity index (χ0v) is 41.1. The second-order valence-electron chi connectivity index (χ2n) is 17.1. The predicted octanol–water partition coefficient (Wildman–Crippen LogP) is 17.2. The Hall–Kier alpha value is -3.41. The second kappa shape index (κ2) is 51.2. The molecule has 0 N–H and O–H groups in total. The van der Waals surface area contributed by atoms with Gasteiger partial charge >= 0.3 is 17.9 Å². The molecule has 0 fully saturated rings. The summed E-state index contributed by atoms with van der Waals surface area (Å²) in [5.41, 5.74) is 0. The Balaban J connectivity index is 4.45. The fourth-order valence-electron chi connectivity index (χ4n) is 6.97. The predicted molar refractivity (Wildman–Crippen MR) is 270 cm³/mol. The van der Waals surface area contributed by atoms with E-state index in [1.54, 1.807) is 0 Å². The van der Waals surface area contributed by atoms with E-state index in [0.29, 0.717) is 19.3 Å². The molecule has 360 valence electrons. The minimum atomic E-state index is -0.795. The van der Waals surface area contributed by atoms with Crippen molar-refractivity contribution in [1.29, 1.82) is 0 Å². The van der Waals surface area contributed by atoms with Crippen LogP contribution in [0.4, 0.5) is 0 Å². The van der Waals surface area contributed by atoms with Crippen LogP contribution in [0, 0.1) is 0 Å². The number of esters is 3. The maximum atomic E-state index is 12.8. The summed E-state index contributed by atoms with van der Waals surface area (Å²) < 4.78 is 16.8. The zero-order chi connectivity index (χ0) is 45.8. The topological polar surface area (TPSA) is 78.9 Å². The van der Waals surface area contributed by atoms with Crippen LogP contribution in [-0.4, -0.2) is 37.2 Å². The van der Waals surface area contributed by atoms with Crippen LogP contribution in [0.5, 0.6) is 0 Å². The molecule has 0 unspecified atom stereocenters. The molecule has 0 bridgehead atoms. The molecule has 0 heterocycles. The highest BCUT2D eigenvalue weighted by Crippen LogP contribution is 2.14. The van der Waals surface area contributed by atoms with E-state index in [4.69, 9.17) is 14.2 Å². The Bertz CT molecular complexity index is 1240. The minimum Gasteiger partial charge on any atom is -0.462 e. The van der Waals surface area contributed by atoms with Gasteiger partial charge in [-0.25, -0.2) is 0 Å². The average Bonchev–Trinajstić information content (AvgIpc) is 3.28. The van der Waals surface area contributed by atoms with E-state index in [0.717, 1.165) is 122 Å². The van der Waals surface area contributed by atoms with Crippen molar-refractivity contribution in [3.63, 3.8) is 0 Å². The Kier molecular flexibility index (Phi) is 48.5. The van der Waals surface area contributed by atoms with Gasteiger partial charge in [0.1, 0.15) is 13.2 Å². The van der Waals surface area contributed by atoms with Crippen LogP contribution in [0.25, 0.3) is 0 Å². The van der Waals surface area contributed by atoms with E-state index < -0.39 is 6.10 Å². The Morgan fingerprint density at radius 3 is 1.02 bits per heavy atom. The second-order valence-corrected chi connectivity index (χ2v) is 17.1. The lowest BCUT2D eigenvalue weighted by Crippen LogP contribution is -2.30. The average molecular weight is 877 g/mol. The fourth-order valence-corrected chi connectivity index (χ4v) is 6.97. The monoisotopic (exact) mass is 877 g/mol. The summed E-state index contributed by atoms with van der Waals surface area (Å²) in [5.74, 6) is -0.940. The van der Waals surface area contributed by atoms with E-state index in [-0.39, 0.29) is 31.1 Å². The molecule has 1 atom stereocenters. The fraction of sp³-hybridized carbons (Fsp3) is 0.702. The summed E-state index contributed by atoms with van der Waals surface area (Å²) in [4.78, 5) is 38.0. The molecule has 63 heavy (non-hydrogen) atoms. The number of allylic oxidation sites excluding steroid dienone is 14. The summed E-state index contributed by atoms with van der Waals surface area (Å²) >= 11 is 0. The summed E-state index contributed by atoms with van der Waals surface area (Å²) in [6, 6.07) is 0. The normalized spacial score (nSPS) is 12.7. The number of carbonyl (C=O) groups is 3. The number of unbranched alkanes of at least 4 members (excludes halogenated alkanes) is 21. The summed E-state index contributed by atoms with van der Waals surface area (Å²) in [6.07, 6.45) is 65.6. The first-order valence-corrected chi connectivity index (χ1v) is 26.1. The van der Waals surface area contributed by atoms with Gasteiger partial charge in [0.05, 0.1) is 0 Å². The van der Waals surface area contributed by atoms with Crippen LogP contribution < -0.4 is 0 Å². The first-order valence-electron chi connectivity index (χ1n) is 26.1. The highest BCUT2D eigenvalue weighted by atomic mass is 16.6. The molecule has 0 saturated carbocycles. The SMILES string of the molecule is CC/C=C\C/C=C\C/C=C\C/C=C\C/C=C\CCCCCC(=O)OC[C@@H](COC(=O)CCCCCCCCCCCCC)OC(=O)CCCCCCC/C=C\C/C=C\CCCCC. The minimum absolute atomic E-state index is 0.0920. The molecule has 0 radical (unpaired) electrons. The quantitative estimate of drug-likeness (QED) is 0.0262. The molecule has 0 aromatic carbocycles. The van der Waals surface area contributed by atoms with Gasteiger partial charge < -0.3 is 14.2 Å². The van der Waals surface area contributed by atoms with Crippen LogP contribution in [0.3, 0.4) is 0 Å². The van der Waals surface area contributed by atoms with Crippen molar-refractivity contribution in [2.75, 3.05) is 13.2 Å². The molecular weight excluding hydrogens is 781 g/mol. The van der Waals surface area contributed by atoms with Crippen molar-refractivity contribution in [2.45, 2.75) is 245 Å². The van der Waals surface area contributed by atoms with Gasteiger partial charge in [0, 0.05) is 19.3 Å². The molecule has 0 amide bonds. The van der Waals surface area contributed by atoms with Gasteiger partial charge in [0.2, 0.25) is 0 Å². The van der Waals surface area contributed by atoms with Crippen LogP contribution in [0.1, 0.15) is 239 Å². The summed E-state index contributed by atoms with van der Waals surface area (Å²) in [5, 5.41) is 0. The molecule has 6 nitrogen and oxygen atoms in total. The molecule has 6 heteroatoms. The van der Waals surface area contributed by atoms with Crippen molar-refractivity contribution < 1.29 is 28.6 Å². The van der Waals surface area contributed by atoms with Crippen molar-refractivity contribution in [2.24, 2.45) is 0 Å². The highest BCUT2D eigenvalue weighted by Gasteiger charge is 2.19. The van der Waals surface area contributed by atoms with Crippen molar-refractivity contribution in [3.05, 3.63) is 85.1 Å². The molecule has 0 aromatic rings. The van der Waals surface area contributed by atoms with Crippen LogP contribution in [0.15, 0.2) is 85.1 Å². The summed E-state index contributed by atoms with van der Waals surface area (Å²) in [6.45, 7) is 6.45. The number of carbonyl (C=O) groups excluding carboxylic acids is 3. The molecular formula is C57H96O6. The smallest absolute Gasteiger partial charge is 0.306 e. The largest absolute Gasteiger partial charge is 0.462 e. The first-order chi connectivity index (χ1) is 31.0. The third-order valence-corrected chi connectivity index (χ3v) is 10.9. The number of ether oxygens (including phenoxy) is 3. The molecule has 0 saturated heterocycles. The number of hydrogen-bond acceptors (Lipinski definition) is 6. The lowest BCUT2D eigenvalue weighted by molar-refractivity contribution is -0.167. The lowest BCUT2D eigenvalue weighted by atomic mass is 10.1. The first kappa shape index (κ1) is 59.6. The third kappa shape index (κ3) is 49.5. The van der Waals surface area contributed by atoms with E-state index in [1.807, 2.05) is 0 Å². The molecule has 0 spiro atoms. The number of hydrogen-bond donors (Lipinski definition) is 0.